The van der Waals surface area contributed by atoms with Gasteiger partial charge in [0.05, 0.1) is 11.6 Å². The van der Waals surface area contributed by atoms with Crippen LogP contribution in [0.1, 0.15) is 21.5 Å². The number of benzene rings is 2. The number of Topliss-reactive ketones (excluding diaryl/α,β-unsaturated/α-hetero) is 1. The fourth-order valence-corrected chi connectivity index (χ4v) is 2.62. The molecule has 3 aromatic rings. The number of aromatic nitrogens is 1. The summed E-state index contributed by atoms with van der Waals surface area (Å²) in [7, 11) is 0. The van der Waals surface area contributed by atoms with E-state index in [0.717, 1.165) is 5.52 Å². The third-order valence-electron chi connectivity index (χ3n) is 3.58. The van der Waals surface area contributed by atoms with Crippen LogP contribution in [0.25, 0.3) is 17.0 Å². The SMILES string of the molecule is N#C/C(=C/c1cccc(C#N)c1)C(=O)c1c[nH]c2cc(Cl)ccc12. The third-order valence-corrected chi connectivity index (χ3v) is 3.82. The number of hydrogen-bond donors (Lipinski definition) is 1. The van der Waals surface area contributed by atoms with Crippen molar-refractivity contribution in [2.45, 2.75) is 0 Å². The van der Waals surface area contributed by atoms with Crippen molar-refractivity contribution in [1.82, 2.24) is 4.98 Å². The maximum absolute atomic E-state index is 12.7. The summed E-state index contributed by atoms with van der Waals surface area (Å²) in [5.74, 6) is -0.381. The Labute approximate surface area is 143 Å². The standard InChI is InChI=1S/C19H10ClN3O/c20-15-4-5-16-17(11-23-18(16)8-15)19(24)14(10-22)7-12-2-1-3-13(6-12)9-21/h1-8,11,23H/b14-7-. The predicted molar refractivity (Wildman–Crippen MR) is 92.4 cm³/mol. The van der Waals surface area contributed by atoms with E-state index in [-0.39, 0.29) is 11.4 Å². The molecule has 5 heteroatoms. The largest absolute Gasteiger partial charge is 0.360 e. The minimum absolute atomic E-state index is 0.000870. The molecule has 0 saturated carbocycles. The highest BCUT2D eigenvalue weighted by atomic mass is 35.5. The predicted octanol–water partition coefficient (Wildman–Crippen LogP) is 4.48. The number of rotatable bonds is 3. The molecule has 0 spiro atoms. The normalized spacial score (nSPS) is 11.0. The molecule has 1 heterocycles. The summed E-state index contributed by atoms with van der Waals surface area (Å²) in [6, 6.07) is 15.9. The molecule has 0 fully saturated rings. The number of halogens is 1. The quantitative estimate of drug-likeness (QED) is 0.436. The average molecular weight is 332 g/mol. The van der Waals surface area contributed by atoms with Crippen LogP contribution in [0, 0.1) is 22.7 Å². The lowest BCUT2D eigenvalue weighted by Gasteiger charge is -2.00. The molecule has 3 rings (SSSR count). The zero-order valence-corrected chi connectivity index (χ0v) is 13.1. The van der Waals surface area contributed by atoms with Crippen molar-refractivity contribution < 1.29 is 4.79 Å². The zero-order valence-electron chi connectivity index (χ0n) is 12.4. The molecular weight excluding hydrogens is 322 g/mol. The van der Waals surface area contributed by atoms with Gasteiger partial charge in [0.2, 0.25) is 5.78 Å². The molecule has 1 aromatic heterocycles. The Morgan fingerprint density at radius 3 is 2.75 bits per heavy atom. The van der Waals surface area contributed by atoms with Crippen molar-refractivity contribution >= 4 is 34.4 Å². The monoisotopic (exact) mass is 331 g/mol. The van der Waals surface area contributed by atoms with Crippen molar-refractivity contribution in [2.24, 2.45) is 0 Å². The highest BCUT2D eigenvalue weighted by Crippen LogP contribution is 2.24. The van der Waals surface area contributed by atoms with Gasteiger partial charge in [0.25, 0.3) is 0 Å². The molecule has 24 heavy (non-hydrogen) atoms. The van der Waals surface area contributed by atoms with E-state index in [1.54, 1.807) is 48.7 Å². The highest BCUT2D eigenvalue weighted by Gasteiger charge is 2.16. The molecule has 0 amide bonds. The number of hydrogen-bond acceptors (Lipinski definition) is 3. The van der Waals surface area contributed by atoms with E-state index < -0.39 is 0 Å². The van der Waals surface area contributed by atoms with Crippen LogP contribution >= 0.6 is 11.6 Å². The first kappa shape index (κ1) is 15.6. The smallest absolute Gasteiger partial charge is 0.205 e. The Bertz CT molecular complexity index is 1060. The van der Waals surface area contributed by atoms with Crippen LogP contribution in [0.3, 0.4) is 0 Å². The lowest BCUT2D eigenvalue weighted by Crippen LogP contribution is -2.01. The van der Waals surface area contributed by atoms with Crippen molar-refractivity contribution in [3.8, 4) is 12.1 Å². The number of carbonyl (C=O) groups excluding carboxylic acids is 1. The maximum atomic E-state index is 12.7. The van der Waals surface area contributed by atoms with Gasteiger partial charge >= 0.3 is 0 Å². The van der Waals surface area contributed by atoms with E-state index in [1.807, 2.05) is 12.1 Å². The van der Waals surface area contributed by atoms with Crippen molar-refractivity contribution in [3.63, 3.8) is 0 Å². The van der Waals surface area contributed by atoms with Crippen molar-refractivity contribution in [2.75, 3.05) is 0 Å². The Morgan fingerprint density at radius 1 is 1.17 bits per heavy atom. The fourth-order valence-electron chi connectivity index (χ4n) is 2.44. The Kier molecular flexibility index (Phi) is 4.16. The summed E-state index contributed by atoms with van der Waals surface area (Å²) in [4.78, 5) is 15.7. The molecule has 0 saturated heterocycles. The number of ketones is 1. The summed E-state index contributed by atoms with van der Waals surface area (Å²) in [5.41, 5.74) is 2.23. The zero-order chi connectivity index (χ0) is 17.1. The first-order chi connectivity index (χ1) is 11.6. The van der Waals surface area contributed by atoms with E-state index in [0.29, 0.717) is 27.1 Å². The van der Waals surface area contributed by atoms with Crippen LogP contribution in [-0.2, 0) is 0 Å². The van der Waals surface area contributed by atoms with Gasteiger partial charge in [-0.3, -0.25) is 4.79 Å². The minimum Gasteiger partial charge on any atom is -0.360 e. The highest BCUT2D eigenvalue weighted by molar-refractivity contribution is 6.31. The molecule has 0 unspecified atom stereocenters. The number of carbonyl (C=O) groups is 1. The summed E-state index contributed by atoms with van der Waals surface area (Å²) in [6.07, 6.45) is 3.05. The van der Waals surface area contributed by atoms with Crippen LogP contribution in [0.5, 0.6) is 0 Å². The Hall–Kier alpha value is -3.34. The van der Waals surface area contributed by atoms with Crippen LogP contribution in [0.15, 0.2) is 54.2 Å². The van der Waals surface area contributed by atoms with E-state index in [1.165, 1.54) is 6.08 Å². The topological polar surface area (TPSA) is 80.4 Å². The van der Waals surface area contributed by atoms with E-state index in [4.69, 9.17) is 16.9 Å². The molecular formula is C19H10ClN3O. The van der Waals surface area contributed by atoms with Gasteiger partial charge in [-0.15, -0.1) is 0 Å². The third kappa shape index (κ3) is 2.92. The van der Waals surface area contributed by atoms with Crippen LogP contribution in [0.4, 0.5) is 0 Å². The number of nitrogens with zero attached hydrogens (tertiary/aromatic N) is 2. The average Bonchev–Trinajstić information content (AvgIpc) is 3.02. The Morgan fingerprint density at radius 2 is 2.00 bits per heavy atom. The number of H-pyrrole nitrogens is 1. The van der Waals surface area contributed by atoms with Gasteiger partial charge in [0.15, 0.2) is 0 Å². The second-order valence-electron chi connectivity index (χ2n) is 5.13. The molecule has 0 atom stereocenters. The van der Waals surface area contributed by atoms with Crippen LogP contribution < -0.4 is 0 Å². The fraction of sp³-hybridized carbons (Fsp3) is 0. The molecule has 2 aromatic carbocycles. The number of nitriles is 2. The summed E-state index contributed by atoms with van der Waals surface area (Å²) in [6.45, 7) is 0. The van der Waals surface area contributed by atoms with Gasteiger partial charge in [0.1, 0.15) is 11.6 Å². The number of fused-ring (bicyclic) bond motifs is 1. The Balaban J connectivity index is 2.04. The first-order valence-electron chi connectivity index (χ1n) is 7.05. The molecule has 114 valence electrons. The van der Waals surface area contributed by atoms with Crippen molar-refractivity contribution in [3.05, 3.63) is 75.9 Å². The lowest BCUT2D eigenvalue weighted by molar-refractivity contribution is 0.104. The number of aromatic amines is 1. The first-order valence-corrected chi connectivity index (χ1v) is 7.43. The van der Waals surface area contributed by atoms with Gasteiger partial charge in [-0.1, -0.05) is 29.8 Å². The molecule has 0 bridgehead atoms. The number of nitrogens with one attached hydrogen (secondary N) is 1. The minimum atomic E-state index is -0.381. The molecule has 0 aliphatic rings. The lowest BCUT2D eigenvalue weighted by atomic mass is 10.0. The molecule has 4 nitrogen and oxygen atoms in total. The maximum Gasteiger partial charge on any atom is 0.205 e. The second-order valence-corrected chi connectivity index (χ2v) is 5.56. The molecule has 0 radical (unpaired) electrons. The van der Waals surface area contributed by atoms with Gasteiger partial charge in [-0.05, 0) is 35.9 Å². The van der Waals surface area contributed by atoms with E-state index in [9.17, 15) is 10.1 Å². The molecule has 0 aliphatic heterocycles. The summed E-state index contributed by atoms with van der Waals surface area (Å²) >= 11 is 5.94. The van der Waals surface area contributed by atoms with Crippen molar-refractivity contribution in [1.29, 1.82) is 10.5 Å². The van der Waals surface area contributed by atoms with Crippen LogP contribution in [0.2, 0.25) is 5.02 Å². The van der Waals surface area contributed by atoms with Gasteiger partial charge < -0.3 is 4.98 Å². The van der Waals surface area contributed by atoms with Gasteiger partial charge in [0, 0.05) is 27.7 Å². The summed E-state index contributed by atoms with van der Waals surface area (Å²) < 4.78 is 0. The van der Waals surface area contributed by atoms with Gasteiger partial charge in [-0.2, -0.15) is 10.5 Å². The molecule has 0 aliphatic carbocycles. The van der Waals surface area contributed by atoms with E-state index >= 15 is 0 Å². The number of allylic oxidation sites excluding steroid dienone is 1. The van der Waals surface area contributed by atoms with E-state index in [2.05, 4.69) is 4.98 Å². The summed E-state index contributed by atoms with van der Waals surface area (Å²) in [5, 5.41) is 19.6. The van der Waals surface area contributed by atoms with Gasteiger partial charge in [-0.25, -0.2) is 0 Å². The molecule has 1 N–H and O–H groups in total. The second kappa shape index (κ2) is 6.42. The van der Waals surface area contributed by atoms with Crippen LogP contribution in [-0.4, -0.2) is 10.8 Å².